The van der Waals surface area contributed by atoms with E-state index in [2.05, 4.69) is 15.3 Å². The number of rotatable bonds is 2. The highest BCUT2D eigenvalue weighted by atomic mass is 16.5. The van der Waals surface area contributed by atoms with E-state index in [9.17, 15) is 4.79 Å². The lowest BCUT2D eigenvalue weighted by Gasteiger charge is -2.18. The van der Waals surface area contributed by atoms with E-state index in [0.29, 0.717) is 17.4 Å². The number of H-pyrrole nitrogens is 1. The molecule has 92 valence electrons. The van der Waals surface area contributed by atoms with Crippen molar-refractivity contribution in [3.05, 3.63) is 24.4 Å². The molecule has 3 rings (SSSR count). The first-order valence-corrected chi connectivity index (χ1v) is 5.42. The average molecular weight is 245 g/mol. The molecule has 0 fully saturated rings. The Labute approximate surface area is 103 Å². The highest BCUT2D eigenvalue weighted by Crippen LogP contribution is 2.32. The summed E-state index contributed by atoms with van der Waals surface area (Å²) < 4.78 is 10.3. The number of carbonyl (C=O) groups excluding carboxylic acids is 1. The van der Waals surface area contributed by atoms with Gasteiger partial charge in [-0.2, -0.15) is 0 Å². The van der Waals surface area contributed by atoms with Crippen LogP contribution < -0.4 is 14.8 Å². The molecule has 1 aliphatic rings. The third-order valence-corrected chi connectivity index (χ3v) is 2.67. The largest absolute Gasteiger partial charge is 0.482 e. The van der Waals surface area contributed by atoms with Crippen LogP contribution in [0.25, 0.3) is 11.3 Å². The lowest BCUT2D eigenvalue weighted by Crippen LogP contribution is -2.25. The summed E-state index contributed by atoms with van der Waals surface area (Å²) in [6, 6.07) is 5.99. The maximum atomic E-state index is 11.2. The van der Waals surface area contributed by atoms with Gasteiger partial charge in [0.05, 0.1) is 24.7 Å². The zero-order valence-electron chi connectivity index (χ0n) is 9.69. The van der Waals surface area contributed by atoms with Gasteiger partial charge in [0, 0.05) is 5.56 Å². The Bertz CT molecular complexity index is 606. The summed E-state index contributed by atoms with van der Waals surface area (Å²) in [5.41, 5.74) is 2.38. The monoisotopic (exact) mass is 245 g/mol. The van der Waals surface area contributed by atoms with E-state index in [4.69, 9.17) is 9.47 Å². The third kappa shape index (κ3) is 1.77. The van der Waals surface area contributed by atoms with Gasteiger partial charge in [0.25, 0.3) is 11.9 Å². The van der Waals surface area contributed by atoms with Crippen LogP contribution in [-0.2, 0) is 4.79 Å². The molecule has 2 aromatic rings. The second-order valence-electron chi connectivity index (χ2n) is 3.85. The molecule has 0 aliphatic carbocycles. The molecule has 2 heterocycles. The van der Waals surface area contributed by atoms with Crippen molar-refractivity contribution in [1.82, 2.24) is 9.97 Å². The van der Waals surface area contributed by atoms with Crippen LogP contribution in [0.4, 0.5) is 5.69 Å². The molecule has 0 saturated carbocycles. The number of hydrogen-bond donors (Lipinski definition) is 2. The molecule has 0 spiro atoms. The summed E-state index contributed by atoms with van der Waals surface area (Å²) >= 11 is 0. The van der Waals surface area contributed by atoms with Crippen molar-refractivity contribution in [2.75, 3.05) is 19.0 Å². The van der Waals surface area contributed by atoms with E-state index in [1.54, 1.807) is 13.3 Å². The Morgan fingerprint density at radius 3 is 3.11 bits per heavy atom. The van der Waals surface area contributed by atoms with E-state index in [1.807, 2.05) is 18.2 Å². The van der Waals surface area contributed by atoms with Crippen LogP contribution in [0.2, 0.25) is 0 Å². The number of aromatic nitrogens is 2. The number of nitrogens with one attached hydrogen (secondary N) is 2. The van der Waals surface area contributed by atoms with Crippen molar-refractivity contribution >= 4 is 11.6 Å². The summed E-state index contributed by atoms with van der Waals surface area (Å²) in [5.74, 6) is 0.520. The van der Waals surface area contributed by atoms with Crippen LogP contribution in [-0.4, -0.2) is 29.6 Å². The minimum atomic E-state index is -0.151. The number of amides is 1. The lowest BCUT2D eigenvalue weighted by molar-refractivity contribution is -0.118. The molecule has 0 atom stereocenters. The second-order valence-corrected chi connectivity index (χ2v) is 3.85. The first-order chi connectivity index (χ1) is 8.76. The molecule has 1 aromatic carbocycles. The summed E-state index contributed by atoms with van der Waals surface area (Å²) in [4.78, 5) is 18.3. The van der Waals surface area contributed by atoms with E-state index >= 15 is 0 Å². The van der Waals surface area contributed by atoms with Gasteiger partial charge in [-0.25, -0.2) is 4.98 Å². The Hall–Kier alpha value is -2.50. The molecular formula is C12H11N3O3. The lowest BCUT2D eigenvalue weighted by atomic mass is 10.1. The average Bonchev–Trinajstić information content (AvgIpc) is 2.86. The first-order valence-electron chi connectivity index (χ1n) is 5.42. The smallest absolute Gasteiger partial charge is 0.293 e. The molecule has 0 unspecified atom stereocenters. The number of imidazole rings is 1. The Morgan fingerprint density at radius 2 is 2.33 bits per heavy atom. The molecule has 1 aromatic heterocycles. The fraction of sp³-hybridized carbons (Fsp3) is 0.167. The van der Waals surface area contributed by atoms with Gasteiger partial charge < -0.3 is 19.8 Å². The highest BCUT2D eigenvalue weighted by molar-refractivity contribution is 5.96. The van der Waals surface area contributed by atoms with Gasteiger partial charge in [0.1, 0.15) is 5.75 Å². The number of aromatic amines is 1. The van der Waals surface area contributed by atoms with E-state index in [1.165, 1.54) is 0 Å². The predicted molar refractivity (Wildman–Crippen MR) is 64.7 cm³/mol. The molecule has 2 N–H and O–H groups in total. The zero-order valence-corrected chi connectivity index (χ0v) is 9.69. The molecular weight excluding hydrogens is 234 g/mol. The fourth-order valence-electron chi connectivity index (χ4n) is 1.80. The van der Waals surface area contributed by atoms with Crippen LogP contribution in [0.15, 0.2) is 24.4 Å². The number of ether oxygens (including phenoxy) is 2. The number of methoxy groups -OCH3 is 1. The summed E-state index contributed by atoms with van der Waals surface area (Å²) in [6.45, 7) is 0.0597. The van der Waals surface area contributed by atoms with E-state index in [0.717, 1.165) is 11.3 Å². The van der Waals surface area contributed by atoms with Crippen molar-refractivity contribution in [2.24, 2.45) is 0 Å². The van der Waals surface area contributed by atoms with Gasteiger partial charge in [-0.1, -0.05) is 0 Å². The zero-order chi connectivity index (χ0) is 12.5. The fourth-order valence-corrected chi connectivity index (χ4v) is 1.80. The Morgan fingerprint density at radius 1 is 1.44 bits per heavy atom. The molecule has 1 aliphatic heterocycles. The number of benzene rings is 1. The highest BCUT2D eigenvalue weighted by Gasteiger charge is 2.16. The number of anilines is 1. The van der Waals surface area contributed by atoms with Crippen LogP contribution in [0.5, 0.6) is 11.8 Å². The normalized spacial score (nSPS) is 13.5. The number of carbonyl (C=O) groups is 1. The van der Waals surface area contributed by atoms with Crippen molar-refractivity contribution in [3.8, 4) is 23.0 Å². The summed E-state index contributed by atoms with van der Waals surface area (Å²) in [7, 11) is 1.55. The molecule has 0 bridgehead atoms. The van der Waals surface area contributed by atoms with Crippen LogP contribution in [0.3, 0.4) is 0 Å². The van der Waals surface area contributed by atoms with Gasteiger partial charge in [0.2, 0.25) is 0 Å². The minimum absolute atomic E-state index is 0.0597. The summed E-state index contributed by atoms with van der Waals surface area (Å²) in [5, 5.41) is 2.76. The number of hydrogen-bond acceptors (Lipinski definition) is 4. The minimum Gasteiger partial charge on any atom is -0.482 e. The van der Waals surface area contributed by atoms with Crippen molar-refractivity contribution in [1.29, 1.82) is 0 Å². The van der Waals surface area contributed by atoms with E-state index < -0.39 is 0 Å². The third-order valence-electron chi connectivity index (χ3n) is 2.67. The van der Waals surface area contributed by atoms with Crippen molar-refractivity contribution in [2.45, 2.75) is 0 Å². The molecule has 1 amide bonds. The first kappa shape index (κ1) is 10.6. The molecule has 6 nitrogen and oxygen atoms in total. The SMILES string of the molecule is COc1ncc(-c2ccc3c(c2)NC(=O)CO3)[nH]1. The maximum Gasteiger partial charge on any atom is 0.293 e. The standard InChI is InChI=1S/C12H11N3O3/c1-17-12-13-5-9(15-12)7-2-3-10-8(4-7)14-11(16)6-18-10/h2-5H,6H2,1H3,(H,13,15)(H,14,16). The van der Waals surface area contributed by atoms with Gasteiger partial charge in [-0.15, -0.1) is 0 Å². The predicted octanol–water partition coefficient (Wildman–Crippen LogP) is 1.42. The number of fused-ring (bicyclic) bond motifs is 1. The van der Waals surface area contributed by atoms with Crippen LogP contribution in [0.1, 0.15) is 0 Å². The Balaban J connectivity index is 1.98. The van der Waals surface area contributed by atoms with Crippen molar-refractivity contribution in [3.63, 3.8) is 0 Å². The van der Waals surface area contributed by atoms with Gasteiger partial charge >= 0.3 is 0 Å². The molecule has 0 radical (unpaired) electrons. The number of nitrogens with zero attached hydrogens (tertiary/aromatic N) is 1. The van der Waals surface area contributed by atoms with Crippen LogP contribution in [0, 0.1) is 0 Å². The molecule has 18 heavy (non-hydrogen) atoms. The quantitative estimate of drug-likeness (QED) is 0.838. The second kappa shape index (κ2) is 4.06. The van der Waals surface area contributed by atoms with E-state index in [-0.39, 0.29) is 12.5 Å². The van der Waals surface area contributed by atoms with Crippen molar-refractivity contribution < 1.29 is 14.3 Å². The maximum absolute atomic E-state index is 11.2. The molecule has 0 saturated heterocycles. The molecule has 6 heteroatoms. The van der Waals surface area contributed by atoms with Gasteiger partial charge in [-0.05, 0) is 18.2 Å². The Kier molecular flexibility index (Phi) is 2.40. The summed E-state index contributed by atoms with van der Waals surface area (Å²) in [6.07, 6.45) is 1.67. The van der Waals surface area contributed by atoms with Gasteiger partial charge in [-0.3, -0.25) is 4.79 Å². The van der Waals surface area contributed by atoms with Crippen LogP contribution >= 0.6 is 0 Å². The topological polar surface area (TPSA) is 76.2 Å². The van der Waals surface area contributed by atoms with Gasteiger partial charge in [0.15, 0.2) is 6.61 Å².